The number of hydrazone groups is 1. The summed E-state index contributed by atoms with van der Waals surface area (Å²) in [5.74, 6) is 0.582. The van der Waals surface area contributed by atoms with Crippen LogP contribution in [0.25, 0.3) is 0 Å². The monoisotopic (exact) mass is 285 g/mol. The number of benzene rings is 1. The Bertz CT molecular complexity index is 679. The zero-order valence-corrected chi connectivity index (χ0v) is 11.6. The van der Waals surface area contributed by atoms with E-state index in [1.807, 2.05) is 0 Å². The summed E-state index contributed by atoms with van der Waals surface area (Å²) in [5.41, 5.74) is 4.22. The lowest BCUT2D eigenvalue weighted by Crippen LogP contribution is -2.35. The molecule has 3 rings (SSSR count). The standard InChI is InChI=1S/C15H15N3O3/c1-9-5-6-11(8-14(9)18(20)21)15(19)17-16-13-7-10-3-2-4-12(10)13/h2-3,5-6,8,10,12H,4,7H2,1H3,(H,17,19)/b16-13+/t10-,12-/m1/s1. The first-order chi connectivity index (χ1) is 10.1. The van der Waals surface area contributed by atoms with E-state index in [4.69, 9.17) is 0 Å². The molecule has 0 saturated heterocycles. The lowest BCUT2D eigenvalue weighted by molar-refractivity contribution is -0.385. The van der Waals surface area contributed by atoms with Crippen molar-refractivity contribution in [2.24, 2.45) is 16.9 Å². The number of nitro groups is 1. The van der Waals surface area contributed by atoms with E-state index in [1.165, 1.54) is 6.07 Å². The maximum atomic E-state index is 12.0. The van der Waals surface area contributed by atoms with Gasteiger partial charge < -0.3 is 0 Å². The molecule has 1 amide bonds. The molecule has 0 aromatic heterocycles. The second-order valence-corrected chi connectivity index (χ2v) is 5.44. The van der Waals surface area contributed by atoms with Gasteiger partial charge in [0, 0.05) is 28.8 Å². The molecular weight excluding hydrogens is 270 g/mol. The lowest BCUT2D eigenvalue weighted by atomic mass is 9.74. The van der Waals surface area contributed by atoms with Crippen molar-refractivity contribution in [2.75, 3.05) is 0 Å². The number of rotatable bonds is 3. The average Bonchev–Trinajstić information content (AvgIpc) is 2.80. The second-order valence-electron chi connectivity index (χ2n) is 5.44. The molecule has 2 aliphatic carbocycles. The normalized spacial score (nSPS) is 24.5. The molecule has 0 spiro atoms. The van der Waals surface area contributed by atoms with Gasteiger partial charge >= 0.3 is 0 Å². The first kappa shape index (κ1) is 13.5. The molecule has 21 heavy (non-hydrogen) atoms. The van der Waals surface area contributed by atoms with Gasteiger partial charge in [0.25, 0.3) is 11.6 Å². The molecule has 1 N–H and O–H groups in total. The van der Waals surface area contributed by atoms with Crippen molar-refractivity contribution in [1.29, 1.82) is 0 Å². The van der Waals surface area contributed by atoms with Crippen LogP contribution in [0.15, 0.2) is 35.5 Å². The molecule has 6 heteroatoms. The average molecular weight is 285 g/mol. The lowest BCUT2D eigenvalue weighted by Gasteiger charge is -2.31. The van der Waals surface area contributed by atoms with Crippen LogP contribution >= 0.6 is 0 Å². The number of amides is 1. The molecule has 0 aliphatic heterocycles. The molecule has 1 saturated carbocycles. The summed E-state index contributed by atoms with van der Waals surface area (Å²) < 4.78 is 0. The van der Waals surface area contributed by atoms with E-state index in [0.29, 0.717) is 17.4 Å². The smallest absolute Gasteiger partial charge is 0.267 e. The third kappa shape index (κ3) is 2.44. The quantitative estimate of drug-likeness (QED) is 0.526. The molecule has 0 radical (unpaired) electrons. The first-order valence-electron chi connectivity index (χ1n) is 6.85. The minimum atomic E-state index is -0.487. The molecule has 0 heterocycles. The van der Waals surface area contributed by atoms with Gasteiger partial charge in [-0.1, -0.05) is 18.2 Å². The van der Waals surface area contributed by atoms with E-state index in [-0.39, 0.29) is 11.3 Å². The largest absolute Gasteiger partial charge is 0.273 e. The van der Waals surface area contributed by atoms with Crippen molar-refractivity contribution >= 4 is 17.3 Å². The van der Waals surface area contributed by atoms with Crippen molar-refractivity contribution in [3.8, 4) is 0 Å². The number of nitrogens with zero attached hydrogens (tertiary/aromatic N) is 2. The summed E-state index contributed by atoms with van der Waals surface area (Å²) >= 11 is 0. The molecular formula is C15H15N3O3. The molecule has 0 bridgehead atoms. The van der Waals surface area contributed by atoms with Gasteiger partial charge in [-0.05, 0) is 31.7 Å². The van der Waals surface area contributed by atoms with Gasteiger partial charge in [0.2, 0.25) is 0 Å². The highest BCUT2D eigenvalue weighted by molar-refractivity contribution is 5.98. The van der Waals surface area contributed by atoms with E-state index in [0.717, 1.165) is 18.6 Å². The molecule has 2 atom stereocenters. The highest BCUT2D eigenvalue weighted by atomic mass is 16.6. The van der Waals surface area contributed by atoms with Crippen molar-refractivity contribution in [1.82, 2.24) is 5.43 Å². The van der Waals surface area contributed by atoms with Gasteiger partial charge in [-0.15, -0.1) is 0 Å². The van der Waals surface area contributed by atoms with E-state index >= 15 is 0 Å². The number of hydrogen-bond donors (Lipinski definition) is 1. The minimum absolute atomic E-state index is 0.0565. The Hall–Kier alpha value is -2.50. The molecule has 2 aliphatic rings. The highest BCUT2D eigenvalue weighted by Crippen LogP contribution is 2.40. The minimum Gasteiger partial charge on any atom is -0.267 e. The van der Waals surface area contributed by atoms with Crippen LogP contribution in [-0.4, -0.2) is 16.5 Å². The molecule has 6 nitrogen and oxygen atoms in total. The summed E-state index contributed by atoms with van der Waals surface area (Å²) in [6.07, 6.45) is 6.20. The van der Waals surface area contributed by atoms with E-state index < -0.39 is 10.8 Å². The Morgan fingerprint density at radius 1 is 1.48 bits per heavy atom. The Kier molecular flexibility index (Phi) is 3.29. The number of carbonyl (C=O) groups is 1. The fraction of sp³-hybridized carbons (Fsp3) is 0.333. The van der Waals surface area contributed by atoms with Gasteiger partial charge in [-0.2, -0.15) is 5.10 Å². The topological polar surface area (TPSA) is 84.6 Å². The second kappa shape index (κ2) is 5.12. The summed E-state index contributed by atoms with van der Waals surface area (Å²) in [6.45, 7) is 1.64. The van der Waals surface area contributed by atoms with E-state index in [9.17, 15) is 14.9 Å². The zero-order valence-electron chi connectivity index (χ0n) is 11.6. The Morgan fingerprint density at radius 2 is 2.29 bits per heavy atom. The van der Waals surface area contributed by atoms with Crippen LogP contribution in [0.2, 0.25) is 0 Å². The highest BCUT2D eigenvalue weighted by Gasteiger charge is 2.38. The van der Waals surface area contributed by atoms with Crippen molar-refractivity contribution in [2.45, 2.75) is 19.8 Å². The summed E-state index contributed by atoms with van der Waals surface area (Å²) in [6, 6.07) is 4.42. The van der Waals surface area contributed by atoms with Crippen LogP contribution in [0.1, 0.15) is 28.8 Å². The van der Waals surface area contributed by atoms with Gasteiger partial charge in [-0.3, -0.25) is 14.9 Å². The Morgan fingerprint density at radius 3 is 3.00 bits per heavy atom. The Labute approximate surface area is 121 Å². The molecule has 1 fully saturated rings. The summed E-state index contributed by atoms with van der Waals surface area (Å²) in [7, 11) is 0. The number of hydrogen-bond acceptors (Lipinski definition) is 4. The molecule has 0 unspecified atom stereocenters. The predicted octanol–water partition coefficient (Wildman–Crippen LogP) is 2.59. The maximum Gasteiger partial charge on any atom is 0.273 e. The third-order valence-corrected chi connectivity index (χ3v) is 4.13. The molecule has 1 aromatic carbocycles. The number of aryl methyl sites for hydroxylation is 1. The fourth-order valence-electron chi connectivity index (χ4n) is 2.80. The number of nitro benzene ring substituents is 1. The molecule has 108 valence electrons. The van der Waals surface area contributed by atoms with Crippen LogP contribution < -0.4 is 5.43 Å². The third-order valence-electron chi connectivity index (χ3n) is 4.13. The van der Waals surface area contributed by atoms with Crippen molar-refractivity contribution < 1.29 is 9.72 Å². The van der Waals surface area contributed by atoms with E-state index in [1.54, 1.807) is 19.1 Å². The zero-order chi connectivity index (χ0) is 15.0. The SMILES string of the molecule is Cc1ccc(C(=O)N/N=C2\C[C@H]3C=CC[C@@H]23)cc1[N+](=O)[O-]. The van der Waals surface area contributed by atoms with Crippen LogP contribution in [0.3, 0.4) is 0 Å². The van der Waals surface area contributed by atoms with Crippen molar-refractivity contribution in [3.63, 3.8) is 0 Å². The first-order valence-corrected chi connectivity index (χ1v) is 6.85. The van der Waals surface area contributed by atoms with E-state index in [2.05, 4.69) is 22.7 Å². The fourth-order valence-corrected chi connectivity index (χ4v) is 2.80. The van der Waals surface area contributed by atoms with Gasteiger partial charge in [0.05, 0.1) is 4.92 Å². The van der Waals surface area contributed by atoms with Crippen LogP contribution in [0, 0.1) is 28.9 Å². The number of carbonyl (C=O) groups excluding carboxylic acids is 1. The summed E-state index contributed by atoms with van der Waals surface area (Å²) in [4.78, 5) is 22.4. The van der Waals surface area contributed by atoms with Crippen LogP contribution in [0.5, 0.6) is 0 Å². The maximum absolute atomic E-state index is 12.0. The predicted molar refractivity (Wildman–Crippen MR) is 78.1 cm³/mol. The number of fused-ring (bicyclic) bond motifs is 1. The number of allylic oxidation sites excluding steroid dienone is 2. The Balaban J connectivity index is 1.70. The van der Waals surface area contributed by atoms with Crippen LogP contribution in [-0.2, 0) is 0 Å². The van der Waals surface area contributed by atoms with Gasteiger partial charge in [-0.25, -0.2) is 5.43 Å². The van der Waals surface area contributed by atoms with Crippen LogP contribution in [0.4, 0.5) is 5.69 Å². The van der Waals surface area contributed by atoms with Gasteiger partial charge in [0.1, 0.15) is 0 Å². The number of nitrogens with one attached hydrogen (secondary N) is 1. The molecule has 1 aromatic rings. The van der Waals surface area contributed by atoms with Crippen molar-refractivity contribution in [3.05, 3.63) is 51.6 Å². The summed E-state index contributed by atoms with van der Waals surface area (Å²) in [5, 5.41) is 15.0. The van der Waals surface area contributed by atoms with Gasteiger partial charge in [0.15, 0.2) is 0 Å².